The number of rotatable bonds is 2. The van der Waals surface area contributed by atoms with Crippen LogP contribution in [-0.2, 0) is 119 Å². The summed E-state index contributed by atoms with van der Waals surface area (Å²) in [6.45, 7) is -0.278. The second kappa shape index (κ2) is 69.8. The van der Waals surface area contributed by atoms with E-state index in [2.05, 4.69) is 11.5 Å². The van der Waals surface area contributed by atoms with Gasteiger partial charge in [0.1, 0.15) is 13.1 Å². The Labute approximate surface area is 200 Å². The number of carboxylic acids is 2. The van der Waals surface area contributed by atoms with Gasteiger partial charge in [-0.2, -0.15) is 0 Å². The Bertz CT molecular complexity index is 408. The van der Waals surface area contributed by atoms with Crippen molar-refractivity contribution >= 4 is 32.7 Å². The molecule has 0 aromatic carbocycles. The van der Waals surface area contributed by atoms with E-state index in [1.165, 1.54) is 0 Å². The molecule has 218 valence electrons. The molecule has 0 heterocycles. The normalized spacial score (nSPS) is 5.94. The number of hydrogen-bond acceptors (Lipinski definition) is 12. The molecule has 0 saturated heterocycles. The molecule has 0 aliphatic heterocycles. The van der Waals surface area contributed by atoms with E-state index in [4.69, 9.17) is 35.0 Å². The molecule has 0 saturated carbocycles. The van der Waals surface area contributed by atoms with Gasteiger partial charge in [0.25, 0.3) is 0 Å². The Morgan fingerprint density at radius 1 is 0.500 bits per heavy atom. The van der Waals surface area contributed by atoms with Crippen molar-refractivity contribution in [1.82, 2.24) is 0 Å². The van der Waals surface area contributed by atoms with E-state index in [1.807, 2.05) is 0 Å². The maximum atomic E-state index is 9.19. The van der Waals surface area contributed by atoms with Gasteiger partial charge in [-0.15, -0.1) is 0 Å². The molecule has 0 fully saturated rings. The van der Waals surface area contributed by atoms with Crippen molar-refractivity contribution in [2.75, 3.05) is 13.1 Å². The summed E-state index contributed by atoms with van der Waals surface area (Å²) >= 11 is 0. The first kappa shape index (κ1) is 123. The first-order chi connectivity index (χ1) is 8.54. The third-order valence-electron chi connectivity index (χ3n) is 0.408. The van der Waals surface area contributed by atoms with Gasteiger partial charge in [-0.1, -0.05) is 0 Å². The molecule has 0 aromatic heterocycles. The number of quaternary nitrogens is 2. The van der Waals surface area contributed by atoms with Crippen molar-refractivity contribution in [1.29, 1.82) is 0 Å². The first-order valence-electron chi connectivity index (χ1n) is 3.86. The molecule has 2 radical (unpaired) electrons. The molecule has 0 amide bonds. The van der Waals surface area contributed by atoms with Crippen LogP contribution >= 0.6 is 0 Å². The van der Waals surface area contributed by atoms with Gasteiger partial charge >= 0.3 is 33.6 Å². The van der Waals surface area contributed by atoms with Crippen molar-refractivity contribution in [3.8, 4) is 0 Å². The number of carbonyl (C=O) groups is 2. The van der Waals surface area contributed by atoms with Gasteiger partial charge in [-0.3, -0.25) is 16.8 Å². The fourth-order valence-electron chi connectivity index (χ4n) is 0. The Kier molecular flexibility index (Phi) is 269. The molecule has 24 nitrogen and oxygen atoms in total. The van der Waals surface area contributed by atoms with Crippen LogP contribution in [0, 0.1) is 0 Å². The molecule has 0 spiro atoms. The molecule has 32 heavy (non-hydrogen) atoms. The van der Waals surface area contributed by atoms with Gasteiger partial charge in [0.05, 0.1) is 11.9 Å². The van der Waals surface area contributed by atoms with Crippen LogP contribution in [0.15, 0.2) is 0 Å². The smallest absolute Gasteiger partial charge is 0.759 e. The fourth-order valence-corrected chi connectivity index (χ4v) is 0. The zero-order valence-corrected chi connectivity index (χ0v) is 19.7. The molecule has 0 rings (SSSR count). The van der Waals surface area contributed by atoms with E-state index in [0.717, 1.165) is 0 Å². The number of carbonyl (C=O) groups excluding carboxylic acids is 2. The summed E-state index contributed by atoms with van der Waals surface area (Å²) in [6, 6.07) is 0. The van der Waals surface area contributed by atoms with Gasteiger partial charge in [0.2, 0.25) is 0 Å². The van der Waals surface area contributed by atoms with E-state index >= 15 is 0 Å². The summed E-state index contributed by atoms with van der Waals surface area (Å²) in [5.41, 5.74) is 6.05. The Balaban J connectivity index is -0.00000000677. The zero-order valence-electron chi connectivity index (χ0n) is 16.0. The van der Waals surface area contributed by atoms with Crippen LogP contribution in [0.3, 0.4) is 0 Å². The summed E-state index contributed by atoms with van der Waals surface area (Å²) in [7, 11) is -10.3. The number of carboxylic acid groups (broad SMARTS) is 2. The molecule has 0 bridgehead atoms. The van der Waals surface area contributed by atoms with Gasteiger partial charge in [0.15, 0.2) is 0 Å². The van der Waals surface area contributed by atoms with E-state index in [0.29, 0.717) is 0 Å². The van der Waals surface area contributed by atoms with Crippen molar-refractivity contribution in [2.24, 2.45) is 0 Å². The second-order valence-electron chi connectivity index (χ2n) is 2.06. The third kappa shape index (κ3) is 2250. The van der Waals surface area contributed by atoms with Gasteiger partial charge in [-0.05, 0) is 0 Å². The van der Waals surface area contributed by atoms with Crippen LogP contribution in [-0.4, -0.2) is 60.1 Å². The summed E-state index contributed by atoms with van der Waals surface area (Å²) in [5, 5.41) is 18.4. The van der Waals surface area contributed by atoms with Crippen molar-refractivity contribution in [3.63, 3.8) is 0 Å². The van der Waals surface area contributed by atoms with Gasteiger partial charge in [0, 0.05) is 20.8 Å². The van der Waals surface area contributed by atoms with E-state index in [9.17, 15) is 19.8 Å². The number of hydrogen-bond donors (Lipinski definition) is 2. The summed E-state index contributed by atoms with van der Waals surface area (Å²) < 4.78 is 68.2. The minimum atomic E-state index is -5.17. The van der Waals surface area contributed by atoms with E-state index in [1.54, 1.807) is 0 Å². The van der Waals surface area contributed by atoms with Crippen LogP contribution in [0.25, 0.3) is 0 Å². The maximum Gasteiger partial charge on any atom is 2.00 e. The molecule has 0 aromatic rings. The third-order valence-corrected chi connectivity index (χ3v) is 0.408. The molecule has 28 heteroatoms. The van der Waals surface area contributed by atoms with Crippen molar-refractivity contribution in [2.45, 2.75) is 0 Å². The predicted octanol–water partition coefficient (Wildman–Crippen LogP) is -17.9. The Hall–Kier alpha value is -0.787. The fraction of sp³-hybridized carbons (Fsp3) is 0.500. The van der Waals surface area contributed by atoms with Gasteiger partial charge in [-0.25, -0.2) is 0 Å². The predicted molar refractivity (Wildman–Crippen MR) is 95.2 cm³/mol. The monoisotopic (exact) mass is 650 g/mol. The van der Waals surface area contributed by atoms with E-state index in [-0.39, 0.29) is 101 Å². The number of aliphatic carboxylic acids is 2. The van der Waals surface area contributed by atoms with Crippen LogP contribution in [0.4, 0.5) is 0 Å². The summed E-state index contributed by atoms with van der Waals surface area (Å²) in [4.78, 5) is 18.4. The SMILES string of the molecule is O=S(=O)([O-])[O-].O=S(=O)([O-])[O-].[Co+2].[Co+2].[NH3+]CC(=O)[O-].[NH3+]CC(=O)[O-].[OH3+].[OH3+].[OH3+].[OH3+].[OH3+].[OH3+].[OH3+].[OH3+].[OH3+].[OH3+]. The first-order valence-corrected chi connectivity index (χ1v) is 6.52. The zero-order chi connectivity index (χ0) is 17.6. The average Bonchev–Trinajstić information content (AvgIpc) is 2.13. The molecule has 0 aliphatic rings. The summed E-state index contributed by atoms with van der Waals surface area (Å²) in [5.74, 6) is -2.21. The maximum absolute atomic E-state index is 9.19. The molecular formula is C4H40Co2N2O22S2+10. The molecule has 36 N–H and O–H groups in total. The average molecular weight is 650 g/mol. The minimum absolute atomic E-state index is 0. The van der Waals surface area contributed by atoms with Crippen molar-refractivity contribution < 1.29 is 155 Å². The van der Waals surface area contributed by atoms with Crippen molar-refractivity contribution in [3.05, 3.63) is 0 Å². The topological polar surface area (TPSA) is 626 Å². The van der Waals surface area contributed by atoms with Crippen LogP contribution in [0.2, 0.25) is 0 Å². The largest absolute Gasteiger partial charge is 2.00 e. The minimum Gasteiger partial charge on any atom is -0.759 e. The van der Waals surface area contributed by atoms with Gasteiger partial charge < -0.3 is 104 Å². The van der Waals surface area contributed by atoms with Crippen LogP contribution < -0.4 is 21.7 Å². The molecule has 0 aliphatic carbocycles. The standard InChI is InChI=1S/2C2H5NO2.2Co.2H2O4S.10H2O/c2*3-1-2(4)5;;;2*1-5(2,3)4;;;;;;;;;;/h2*1,3H2,(H,4,5);;;2*(H2,1,2,3,4);10*1H2/q;;2*+2;;;;;;;;;;;;/p+6. The quantitative estimate of drug-likeness (QED) is 0.160. The van der Waals surface area contributed by atoms with Crippen LogP contribution in [0.1, 0.15) is 0 Å². The van der Waals surface area contributed by atoms with E-state index < -0.39 is 32.7 Å². The molecule has 0 unspecified atom stereocenters. The Morgan fingerprint density at radius 2 is 0.531 bits per heavy atom. The Morgan fingerprint density at radius 3 is 0.531 bits per heavy atom. The summed E-state index contributed by atoms with van der Waals surface area (Å²) in [6.07, 6.45) is 0. The molecular weight excluding hydrogens is 610 g/mol. The molecule has 0 atom stereocenters. The second-order valence-corrected chi connectivity index (χ2v) is 3.69. The van der Waals surface area contributed by atoms with Crippen LogP contribution in [0.5, 0.6) is 0 Å².